The number of carbonyl (C=O) groups excluding carboxylic acids is 1. The maximum Gasteiger partial charge on any atom is 0.277 e. The van der Waals surface area contributed by atoms with Gasteiger partial charge in [0.05, 0.1) is 6.21 Å². The highest BCUT2D eigenvalue weighted by molar-refractivity contribution is 6.35. The molecule has 1 N–H and O–H groups in total. The van der Waals surface area contributed by atoms with Gasteiger partial charge in [-0.25, -0.2) is 5.43 Å². The van der Waals surface area contributed by atoms with Crippen LogP contribution < -0.4 is 14.9 Å². The molecule has 1 amide bonds. The van der Waals surface area contributed by atoms with Crippen LogP contribution in [0.15, 0.2) is 96.2 Å². The number of carbonyl (C=O) groups is 1. The van der Waals surface area contributed by atoms with Crippen molar-refractivity contribution >= 4 is 57.0 Å². The molecule has 0 aliphatic heterocycles. The Balaban J connectivity index is 1.30. The molecule has 6 nitrogen and oxygen atoms in total. The van der Waals surface area contributed by atoms with E-state index in [-0.39, 0.29) is 13.2 Å². The van der Waals surface area contributed by atoms with Gasteiger partial charge in [-0.05, 0) is 41.1 Å². The van der Waals surface area contributed by atoms with E-state index in [9.17, 15) is 4.79 Å². The highest BCUT2D eigenvalue weighted by Crippen LogP contribution is 2.29. The normalized spacial score (nSPS) is 11.2. The lowest BCUT2D eigenvalue weighted by molar-refractivity contribution is -0.123. The summed E-state index contributed by atoms with van der Waals surface area (Å²) in [4.78, 5) is 16.8. The number of hydrazone groups is 1. The minimum atomic E-state index is -0.403. The lowest BCUT2D eigenvalue weighted by Gasteiger charge is -2.13. The van der Waals surface area contributed by atoms with E-state index in [4.69, 9.17) is 32.7 Å². The minimum absolute atomic E-state index is 0.207. The van der Waals surface area contributed by atoms with Gasteiger partial charge >= 0.3 is 0 Å². The van der Waals surface area contributed by atoms with Crippen molar-refractivity contribution in [3.8, 4) is 11.5 Å². The standard InChI is InChI=1S/C29H21Cl2N3O3/c30-22-12-10-21(25(31)15-22)17-36-26-13-11-19-5-1-2-8-23(19)24(26)16-33-34-28(35)18-37-27-9-3-6-20-7-4-14-32-29(20)27/h1-16H,17-18H2,(H,34,35). The first kappa shape index (κ1) is 24.6. The second kappa shape index (κ2) is 11.3. The first-order valence-corrected chi connectivity index (χ1v) is 12.2. The van der Waals surface area contributed by atoms with Crippen molar-refractivity contribution in [1.29, 1.82) is 0 Å². The van der Waals surface area contributed by atoms with Crippen LogP contribution in [-0.4, -0.2) is 23.7 Å². The zero-order chi connectivity index (χ0) is 25.6. The highest BCUT2D eigenvalue weighted by Gasteiger charge is 2.10. The number of benzene rings is 4. The third-order valence-corrected chi connectivity index (χ3v) is 6.25. The van der Waals surface area contributed by atoms with Crippen LogP contribution in [0, 0.1) is 0 Å². The Kier molecular flexibility index (Phi) is 7.49. The molecule has 8 heteroatoms. The van der Waals surface area contributed by atoms with Crippen molar-refractivity contribution in [2.75, 3.05) is 6.61 Å². The van der Waals surface area contributed by atoms with Crippen LogP contribution in [0.3, 0.4) is 0 Å². The molecule has 0 saturated heterocycles. The molecule has 1 aromatic heterocycles. The average Bonchev–Trinajstić information content (AvgIpc) is 2.92. The highest BCUT2D eigenvalue weighted by atomic mass is 35.5. The van der Waals surface area contributed by atoms with E-state index in [1.165, 1.54) is 0 Å². The van der Waals surface area contributed by atoms with E-state index >= 15 is 0 Å². The van der Waals surface area contributed by atoms with Crippen molar-refractivity contribution in [3.05, 3.63) is 112 Å². The molecule has 1 heterocycles. The van der Waals surface area contributed by atoms with Crippen LogP contribution in [0.25, 0.3) is 21.7 Å². The van der Waals surface area contributed by atoms with Gasteiger partial charge in [-0.1, -0.05) is 77.8 Å². The summed E-state index contributed by atoms with van der Waals surface area (Å²) in [5.74, 6) is 0.725. The van der Waals surface area contributed by atoms with Crippen molar-refractivity contribution in [2.24, 2.45) is 5.10 Å². The predicted molar refractivity (Wildman–Crippen MR) is 148 cm³/mol. The Bertz CT molecular complexity index is 1620. The third kappa shape index (κ3) is 5.82. The van der Waals surface area contributed by atoms with Gasteiger partial charge in [0.15, 0.2) is 6.61 Å². The van der Waals surface area contributed by atoms with Crippen LogP contribution in [0.4, 0.5) is 0 Å². The van der Waals surface area contributed by atoms with Crippen molar-refractivity contribution in [3.63, 3.8) is 0 Å². The lowest BCUT2D eigenvalue weighted by Crippen LogP contribution is -2.24. The number of hydrogen-bond acceptors (Lipinski definition) is 5. The molecule has 0 radical (unpaired) electrons. The smallest absolute Gasteiger partial charge is 0.277 e. The van der Waals surface area contributed by atoms with Gasteiger partial charge in [0.2, 0.25) is 0 Å². The molecule has 0 saturated carbocycles. The lowest BCUT2D eigenvalue weighted by atomic mass is 10.0. The topological polar surface area (TPSA) is 72.8 Å². The predicted octanol–water partition coefficient (Wildman–Crippen LogP) is 6.80. The molecule has 5 aromatic rings. The fraction of sp³-hybridized carbons (Fsp3) is 0.0690. The number of rotatable bonds is 8. The number of hydrogen-bond donors (Lipinski definition) is 1. The Morgan fingerprint density at radius 3 is 2.62 bits per heavy atom. The van der Waals surface area contributed by atoms with E-state index in [0.29, 0.717) is 27.1 Å². The van der Waals surface area contributed by atoms with E-state index in [1.54, 1.807) is 30.6 Å². The fourth-order valence-corrected chi connectivity index (χ4v) is 4.33. The monoisotopic (exact) mass is 529 g/mol. The summed E-state index contributed by atoms with van der Waals surface area (Å²) in [7, 11) is 0. The van der Waals surface area contributed by atoms with Gasteiger partial charge in [0.1, 0.15) is 23.6 Å². The van der Waals surface area contributed by atoms with Crippen molar-refractivity contribution in [1.82, 2.24) is 10.4 Å². The van der Waals surface area contributed by atoms with Crippen LogP contribution in [0.2, 0.25) is 10.0 Å². The van der Waals surface area contributed by atoms with Gasteiger partial charge < -0.3 is 9.47 Å². The Morgan fingerprint density at radius 2 is 1.73 bits per heavy atom. The number of nitrogens with zero attached hydrogens (tertiary/aromatic N) is 2. The summed E-state index contributed by atoms with van der Waals surface area (Å²) in [5.41, 5.74) is 4.74. The summed E-state index contributed by atoms with van der Waals surface area (Å²) in [6, 6.07) is 26.3. The number of aromatic nitrogens is 1. The number of halogens is 2. The van der Waals surface area contributed by atoms with Gasteiger partial charge in [0.25, 0.3) is 5.91 Å². The molecule has 37 heavy (non-hydrogen) atoms. The fourth-order valence-electron chi connectivity index (χ4n) is 3.87. The average molecular weight is 530 g/mol. The Labute approximate surface area is 223 Å². The quantitative estimate of drug-likeness (QED) is 0.177. The number of amides is 1. The molecule has 0 spiro atoms. The number of ether oxygens (including phenoxy) is 2. The molecule has 4 aromatic carbocycles. The van der Waals surface area contributed by atoms with Gasteiger partial charge in [0, 0.05) is 32.8 Å². The van der Waals surface area contributed by atoms with E-state index in [2.05, 4.69) is 15.5 Å². The number of pyridine rings is 1. The van der Waals surface area contributed by atoms with Crippen LogP contribution >= 0.6 is 23.2 Å². The summed E-state index contributed by atoms with van der Waals surface area (Å²) >= 11 is 12.3. The zero-order valence-corrected chi connectivity index (χ0v) is 21.0. The maximum atomic E-state index is 12.4. The van der Waals surface area contributed by atoms with E-state index in [1.807, 2.05) is 66.7 Å². The summed E-state index contributed by atoms with van der Waals surface area (Å²) in [6.07, 6.45) is 3.25. The molecule has 0 aliphatic carbocycles. The largest absolute Gasteiger partial charge is 0.488 e. The van der Waals surface area contributed by atoms with E-state index < -0.39 is 5.91 Å². The number of nitrogens with one attached hydrogen (secondary N) is 1. The summed E-state index contributed by atoms with van der Waals surface area (Å²) < 4.78 is 11.8. The summed E-state index contributed by atoms with van der Waals surface area (Å²) in [5, 5.41) is 8.13. The third-order valence-electron chi connectivity index (χ3n) is 5.67. The molecule has 0 fully saturated rings. The Hall–Kier alpha value is -4.13. The van der Waals surface area contributed by atoms with Crippen molar-refractivity contribution < 1.29 is 14.3 Å². The van der Waals surface area contributed by atoms with Crippen LogP contribution in [0.1, 0.15) is 11.1 Å². The van der Waals surface area contributed by atoms with Gasteiger partial charge in [-0.2, -0.15) is 5.10 Å². The van der Waals surface area contributed by atoms with Gasteiger partial charge in [-0.15, -0.1) is 0 Å². The molecule has 184 valence electrons. The second-order valence-corrected chi connectivity index (χ2v) is 8.98. The minimum Gasteiger partial charge on any atom is -0.488 e. The SMILES string of the molecule is O=C(COc1cccc2cccnc12)NN=Cc1c(OCc2ccc(Cl)cc2Cl)ccc2ccccc12. The number of para-hydroxylation sites is 1. The maximum absolute atomic E-state index is 12.4. The summed E-state index contributed by atoms with van der Waals surface area (Å²) in [6.45, 7) is 0.0371. The number of fused-ring (bicyclic) bond motifs is 2. The van der Waals surface area contributed by atoms with Crippen LogP contribution in [-0.2, 0) is 11.4 Å². The molecular weight excluding hydrogens is 509 g/mol. The van der Waals surface area contributed by atoms with Gasteiger partial charge in [-0.3, -0.25) is 9.78 Å². The molecule has 0 unspecified atom stereocenters. The molecular formula is C29H21Cl2N3O3. The first-order valence-electron chi connectivity index (χ1n) is 11.5. The molecule has 0 bridgehead atoms. The van der Waals surface area contributed by atoms with E-state index in [0.717, 1.165) is 27.3 Å². The zero-order valence-electron chi connectivity index (χ0n) is 19.5. The van der Waals surface area contributed by atoms with Crippen LogP contribution in [0.5, 0.6) is 11.5 Å². The Morgan fingerprint density at radius 1 is 0.892 bits per heavy atom. The first-order chi connectivity index (χ1) is 18.1. The second-order valence-electron chi connectivity index (χ2n) is 8.14. The van der Waals surface area contributed by atoms with Crippen molar-refractivity contribution in [2.45, 2.75) is 6.61 Å². The molecule has 0 atom stereocenters. The molecule has 5 rings (SSSR count). The molecule has 0 aliphatic rings.